The van der Waals surface area contributed by atoms with E-state index in [0.29, 0.717) is 19.3 Å². The van der Waals surface area contributed by atoms with Gasteiger partial charge in [-0.2, -0.15) is 9.78 Å². The second kappa shape index (κ2) is 7.45. The van der Waals surface area contributed by atoms with E-state index in [4.69, 9.17) is 20.0 Å². The molecule has 1 aliphatic rings. The lowest BCUT2D eigenvalue weighted by molar-refractivity contribution is -0.147. The Morgan fingerprint density at radius 3 is 2.05 bits per heavy atom. The van der Waals surface area contributed by atoms with Gasteiger partial charge in [0.25, 0.3) is 0 Å². The van der Waals surface area contributed by atoms with Crippen LogP contribution in [0.1, 0.15) is 58.3 Å². The Morgan fingerprint density at radius 1 is 1.05 bits per heavy atom. The minimum Gasteiger partial charge on any atom is -0.481 e. The average Bonchev–Trinajstić information content (AvgIpc) is 3.13. The minimum absolute atomic E-state index is 0.115. The summed E-state index contributed by atoms with van der Waals surface area (Å²) in [6.45, 7) is 2.08. The van der Waals surface area contributed by atoms with Crippen LogP contribution < -0.4 is 0 Å². The van der Waals surface area contributed by atoms with E-state index in [1.165, 1.54) is 0 Å². The molecule has 0 spiro atoms. The van der Waals surface area contributed by atoms with Gasteiger partial charge < -0.3 is 10.2 Å². The van der Waals surface area contributed by atoms with Crippen LogP contribution >= 0.6 is 0 Å². The molecule has 0 aromatic heterocycles. The van der Waals surface area contributed by atoms with E-state index >= 15 is 0 Å². The number of unbranched alkanes of at least 4 members (excludes halogenated alkanes) is 3. The lowest BCUT2D eigenvalue weighted by Crippen LogP contribution is -2.33. The van der Waals surface area contributed by atoms with Crippen molar-refractivity contribution in [3.05, 3.63) is 0 Å². The van der Waals surface area contributed by atoms with Gasteiger partial charge in [-0.3, -0.25) is 4.79 Å². The van der Waals surface area contributed by atoms with Crippen LogP contribution in [0.5, 0.6) is 0 Å². The SMILES string of the molecule is CCCCCC(CCCCC(=O)O)C1(C(=O)O)OO1. The molecular formula is C13H22O6. The summed E-state index contributed by atoms with van der Waals surface area (Å²) in [5.41, 5.74) is 0. The van der Waals surface area contributed by atoms with Crippen LogP contribution in [0.25, 0.3) is 0 Å². The molecule has 19 heavy (non-hydrogen) atoms. The highest BCUT2D eigenvalue weighted by Gasteiger charge is 2.62. The Morgan fingerprint density at radius 2 is 1.63 bits per heavy atom. The number of aliphatic carboxylic acids is 2. The van der Waals surface area contributed by atoms with Gasteiger partial charge >= 0.3 is 17.7 Å². The molecule has 1 saturated heterocycles. The Bertz CT molecular complexity index is 310. The van der Waals surface area contributed by atoms with Crippen molar-refractivity contribution in [3.63, 3.8) is 0 Å². The smallest absolute Gasteiger partial charge is 0.370 e. The van der Waals surface area contributed by atoms with Crippen LogP contribution in [0, 0.1) is 5.92 Å². The van der Waals surface area contributed by atoms with Crippen molar-refractivity contribution in [1.29, 1.82) is 0 Å². The van der Waals surface area contributed by atoms with Crippen molar-refractivity contribution in [2.75, 3.05) is 0 Å². The molecule has 0 aliphatic carbocycles. The highest BCUT2D eigenvalue weighted by Crippen LogP contribution is 2.43. The summed E-state index contributed by atoms with van der Waals surface area (Å²) in [6.07, 6.45) is 5.72. The normalized spacial score (nSPS) is 17.9. The summed E-state index contributed by atoms with van der Waals surface area (Å²) >= 11 is 0. The molecule has 0 saturated carbocycles. The Balaban J connectivity index is 2.41. The molecule has 0 aromatic carbocycles. The minimum atomic E-state index is -1.48. The number of hydrogen-bond donors (Lipinski definition) is 2. The largest absolute Gasteiger partial charge is 0.481 e. The lowest BCUT2D eigenvalue weighted by Gasteiger charge is -2.17. The van der Waals surface area contributed by atoms with Crippen LogP contribution in [-0.4, -0.2) is 27.9 Å². The zero-order valence-electron chi connectivity index (χ0n) is 11.3. The average molecular weight is 274 g/mol. The number of rotatable bonds is 11. The topological polar surface area (TPSA) is 99.7 Å². The van der Waals surface area contributed by atoms with E-state index in [-0.39, 0.29) is 12.3 Å². The molecule has 6 heteroatoms. The van der Waals surface area contributed by atoms with Crippen molar-refractivity contribution in [1.82, 2.24) is 0 Å². The van der Waals surface area contributed by atoms with Gasteiger partial charge in [-0.15, -0.1) is 0 Å². The first kappa shape index (κ1) is 15.9. The highest BCUT2D eigenvalue weighted by atomic mass is 17.4. The highest BCUT2D eigenvalue weighted by molar-refractivity contribution is 5.77. The van der Waals surface area contributed by atoms with E-state index < -0.39 is 17.7 Å². The Kier molecular flexibility index (Phi) is 6.24. The standard InChI is InChI=1S/C13H22O6/c1-2-3-4-7-10(8-5-6-9-11(14)15)13(12(16)17)18-19-13/h10H,2-9H2,1H3,(H,14,15)(H,16,17). The van der Waals surface area contributed by atoms with Gasteiger partial charge in [0.15, 0.2) is 0 Å². The second-order valence-corrected chi connectivity index (χ2v) is 4.97. The van der Waals surface area contributed by atoms with E-state index in [1.54, 1.807) is 0 Å². The Hall–Kier alpha value is -1.14. The summed E-state index contributed by atoms with van der Waals surface area (Å²) in [7, 11) is 0. The number of hydrogen-bond acceptors (Lipinski definition) is 4. The molecule has 1 unspecified atom stereocenters. The molecule has 1 rings (SSSR count). The summed E-state index contributed by atoms with van der Waals surface area (Å²) in [5.74, 6) is -3.59. The van der Waals surface area contributed by atoms with Gasteiger partial charge in [0.2, 0.25) is 0 Å². The van der Waals surface area contributed by atoms with Crippen LogP contribution in [0.2, 0.25) is 0 Å². The molecule has 0 aromatic rings. The summed E-state index contributed by atoms with van der Waals surface area (Å²) in [4.78, 5) is 31.0. The van der Waals surface area contributed by atoms with E-state index in [9.17, 15) is 9.59 Å². The fourth-order valence-corrected chi connectivity index (χ4v) is 2.26. The van der Waals surface area contributed by atoms with Crippen molar-refractivity contribution < 1.29 is 29.6 Å². The number of carboxylic acids is 2. The monoisotopic (exact) mass is 274 g/mol. The first-order chi connectivity index (χ1) is 9.03. The molecule has 0 radical (unpaired) electrons. The fourth-order valence-electron chi connectivity index (χ4n) is 2.26. The molecular weight excluding hydrogens is 252 g/mol. The molecule has 1 aliphatic heterocycles. The Labute approximate surface area is 112 Å². The molecule has 1 heterocycles. The first-order valence-electron chi connectivity index (χ1n) is 6.85. The van der Waals surface area contributed by atoms with Gasteiger partial charge in [-0.25, -0.2) is 4.79 Å². The molecule has 6 nitrogen and oxygen atoms in total. The quantitative estimate of drug-likeness (QED) is 0.341. The maximum atomic E-state index is 11.2. The maximum absolute atomic E-state index is 11.2. The zero-order chi connectivity index (χ0) is 14.3. The number of carbonyl (C=O) groups is 2. The van der Waals surface area contributed by atoms with Crippen molar-refractivity contribution in [2.24, 2.45) is 5.92 Å². The predicted molar refractivity (Wildman–Crippen MR) is 66.3 cm³/mol. The fraction of sp³-hybridized carbons (Fsp3) is 0.846. The zero-order valence-corrected chi connectivity index (χ0v) is 11.3. The summed E-state index contributed by atoms with van der Waals surface area (Å²) < 4.78 is 0. The molecule has 0 amide bonds. The van der Waals surface area contributed by atoms with Crippen LogP contribution in [0.15, 0.2) is 0 Å². The van der Waals surface area contributed by atoms with Crippen molar-refractivity contribution >= 4 is 11.9 Å². The molecule has 110 valence electrons. The van der Waals surface area contributed by atoms with Crippen LogP contribution in [0.4, 0.5) is 0 Å². The van der Waals surface area contributed by atoms with Crippen LogP contribution in [-0.2, 0) is 19.4 Å². The van der Waals surface area contributed by atoms with Crippen molar-refractivity contribution in [3.8, 4) is 0 Å². The molecule has 2 N–H and O–H groups in total. The molecule has 1 atom stereocenters. The van der Waals surface area contributed by atoms with Gasteiger partial charge in [-0.05, 0) is 19.3 Å². The van der Waals surface area contributed by atoms with Gasteiger partial charge in [0, 0.05) is 12.3 Å². The van der Waals surface area contributed by atoms with E-state index in [1.807, 2.05) is 0 Å². The third kappa shape index (κ3) is 4.80. The summed E-state index contributed by atoms with van der Waals surface area (Å²) in [5, 5.41) is 17.7. The summed E-state index contributed by atoms with van der Waals surface area (Å²) in [6, 6.07) is 0. The number of carboxylic acid groups (broad SMARTS) is 2. The third-order valence-electron chi connectivity index (χ3n) is 3.45. The predicted octanol–water partition coefficient (Wildman–Crippen LogP) is 2.57. The first-order valence-corrected chi connectivity index (χ1v) is 6.85. The van der Waals surface area contributed by atoms with Gasteiger partial charge in [0.05, 0.1) is 0 Å². The van der Waals surface area contributed by atoms with E-state index in [0.717, 1.165) is 25.7 Å². The van der Waals surface area contributed by atoms with Crippen molar-refractivity contribution in [2.45, 2.75) is 64.1 Å². The maximum Gasteiger partial charge on any atom is 0.370 e. The third-order valence-corrected chi connectivity index (χ3v) is 3.45. The second-order valence-electron chi connectivity index (χ2n) is 4.97. The van der Waals surface area contributed by atoms with Gasteiger partial charge in [-0.1, -0.05) is 32.6 Å². The molecule has 1 fully saturated rings. The van der Waals surface area contributed by atoms with Gasteiger partial charge in [0.1, 0.15) is 0 Å². The van der Waals surface area contributed by atoms with E-state index in [2.05, 4.69) is 6.92 Å². The van der Waals surface area contributed by atoms with Crippen LogP contribution in [0.3, 0.4) is 0 Å². The lowest BCUT2D eigenvalue weighted by atomic mass is 9.88. The molecule has 0 bridgehead atoms.